The minimum Gasteiger partial charge on any atom is -0.504 e. The van der Waals surface area contributed by atoms with Crippen LogP contribution in [0.2, 0.25) is 5.02 Å². The molecule has 5 heteroatoms. The van der Waals surface area contributed by atoms with Crippen molar-refractivity contribution in [1.82, 2.24) is 9.97 Å². The Balaban J connectivity index is 2.45. The molecule has 2 aromatic rings. The molecule has 0 radical (unpaired) electrons. The normalized spacial score (nSPS) is 10.6. The summed E-state index contributed by atoms with van der Waals surface area (Å²) in [5, 5.41) is 10.5. The number of benzene rings is 1. The monoisotopic (exact) mass is 291 g/mol. The highest BCUT2D eigenvalue weighted by Crippen LogP contribution is 2.27. The second kappa shape index (κ2) is 6.09. The molecule has 0 aliphatic rings. The number of halogens is 1. The van der Waals surface area contributed by atoms with Crippen LogP contribution in [0, 0.1) is 13.8 Å². The molecule has 0 atom stereocenters. The third-order valence-corrected chi connectivity index (χ3v) is 3.30. The van der Waals surface area contributed by atoms with Gasteiger partial charge in [0.05, 0.1) is 11.4 Å². The summed E-state index contributed by atoms with van der Waals surface area (Å²) in [5.41, 5.74) is 2.16. The quantitative estimate of drug-likeness (QED) is 0.925. The number of anilines is 2. The number of aromatic nitrogens is 2. The van der Waals surface area contributed by atoms with Crippen molar-refractivity contribution in [2.75, 3.05) is 11.4 Å². The summed E-state index contributed by atoms with van der Waals surface area (Å²) in [6.07, 6.45) is 0.963. The molecule has 106 valence electrons. The van der Waals surface area contributed by atoms with E-state index in [2.05, 4.69) is 16.9 Å². The van der Waals surface area contributed by atoms with Crippen molar-refractivity contribution in [1.29, 1.82) is 0 Å². The van der Waals surface area contributed by atoms with Crippen LogP contribution >= 0.6 is 11.6 Å². The van der Waals surface area contributed by atoms with Crippen LogP contribution in [0.4, 0.5) is 11.6 Å². The average molecular weight is 292 g/mol. The first-order valence-corrected chi connectivity index (χ1v) is 6.98. The van der Waals surface area contributed by atoms with E-state index < -0.39 is 0 Å². The Morgan fingerprint density at radius 3 is 2.15 bits per heavy atom. The van der Waals surface area contributed by atoms with Crippen molar-refractivity contribution in [3.8, 4) is 5.75 Å². The number of aromatic hydroxyl groups is 1. The third-order valence-electron chi connectivity index (χ3n) is 3.05. The van der Waals surface area contributed by atoms with Gasteiger partial charge in [-0.3, -0.25) is 0 Å². The van der Waals surface area contributed by atoms with Crippen LogP contribution in [0.15, 0.2) is 24.3 Å². The van der Waals surface area contributed by atoms with Gasteiger partial charge in [-0.05, 0) is 44.5 Å². The maximum atomic E-state index is 9.79. The van der Waals surface area contributed by atoms with E-state index in [9.17, 15) is 5.11 Å². The predicted molar refractivity (Wildman–Crippen MR) is 81.9 cm³/mol. The zero-order valence-electron chi connectivity index (χ0n) is 11.9. The van der Waals surface area contributed by atoms with Crippen molar-refractivity contribution in [2.24, 2.45) is 0 Å². The molecular formula is C15H18ClN3O. The molecule has 0 aliphatic carbocycles. The van der Waals surface area contributed by atoms with Gasteiger partial charge in [0.15, 0.2) is 5.75 Å². The summed E-state index contributed by atoms with van der Waals surface area (Å²) < 4.78 is 0. The molecule has 20 heavy (non-hydrogen) atoms. The summed E-state index contributed by atoms with van der Waals surface area (Å²) in [6.45, 7) is 6.45. The van der Waals surface area contributed by atoms with Gasteiger partial charge in [-0.15, -0.1) is 0 Å². The molecule has 2 rings (SSSR count). The van der Waals surface area contributed by atoms with Gasteiger partial charge in [0.1, 0.15) is 0 Å². The van der Waals surface area contributed by atoms with E-state index in [4.69, 9.17) is 11.6 Å². The largest absolute Gasteiger partial charge is 0.504 e. The third kappa shape index (κ3) is 3.02. The van der Waals surface area contributed by atoms with Gasteiger partial charge in [0.2, 0.25) is 5.95 Å². The standard InChI is InChI=1S/C15H18ClN3O/c1-4-9-19(13-7-5-12(16)6-8-13)15-17-10(2)14(20)11(3)18-15/h5-8,20H,4,9H2,1-3H3. The van der Waals surface area contributed by atoms with Crippen LogP contribution in [0.3, 0.4) is 0 Å². The summed E-state index contributed by atoms with van der Waals surface area (Å²) in [5.74, 6) is 0.753. The van der Waals surface area contributed by atoms with Gasteiger partial charge in [-0.25, -0.2) is 9.97 Å². The molecule has 0 saturated heterocycles. The average Bonchev–Trinajstić information content (AvgIpc) is 2.43. The molecule has 0 aliphatic heterocycles. The van der Waals surface area contributed by atoms with E-state index in [1.165, 1.54) is 0 Å². The second-order valence-corrected chi connectivity index (χ2v) is 5.11. The van der Waals surface area contributed by atoms with Crippen LogP contribution in [-0.4, -0.2) is 21.6 Å². The van der Waals surface area contributed by atoms with E-state index in [1.807, 2.05) is 29.2 Å². The lowest BCUT2D eigenvalue weighted by Gasteiger charge is -2.23. The van der Waals surface area contributed by atoms with Crippen molar-refractivity contribution in [3.05, 3.63) is 40.7 Å². The van der Waals surface area contributed by atoms with Crippen molar-refractivity contribution >= 4 is 23.2 Å². The van der Waals surface area contributed by atoms with Crippen molar-refractivity contribution in [2.45, 2.75) is 27.2 Å². The molecule has 1 N–H and O–H groups in total. The minimum atomic E-state index is 0.154. The lowest BCUT2D eigenvalue weighted by atomic mass is 10.2. The Labute approximate surface area is 124 Å². The number of nitrogens with zero attached hydrogens (tertiary/aromatic N) is 3. The minimum absolute atomic E-state index is 0.154. The fourth-order valence-electron chi connectivity index (χ4n) is 2.00. The Morgan fingerprint density at radius 1 is 1.10 bits per heavy atom. The number of rotatable bonds is 4. The predicted octanol–water partition coefficient (Wildman–Crippen LogP) is 4.00. The molecule has 0 saturated carbocycles. The molecule has 1 aromatic heterocycles. The van der Waals surface area contributed by atoms with Crippen LogP contribution in [0.5, 0.6) is 5.75 Å². The highest BCUT2D eigenvalue weighted by molar-refractivity contribution is 6.30. The summed E-state index contributed by atoms with van der Waals surface area (Å²) in [6, 6.07) is 7.58. The first-order chi connectivity index (χ1) is 9.52. The van der Waals surface area contributed by atoms with E-state index in [-0.39, 0.29) is 5.75 Å². The van der Waals surface area contributed by atoms with E-state index in [0.717, 1.165) is 18.7 Å². The highest BCUT2D eigenvalue weighted by Gasteiger charge is 2.14. The molecular weight excluding hydrogens is 274 g/mol. The molecule has 0 unspecified atom stereocenters. The zero-order chi connectivity index (χ0) is 14.7. The maximum Gasteiger partial charge on any atom is 0.230 e. The lowest BCUT2D eigenvalue weighted by molar-refractivity contribution is 0.459. The van der Waals surface area contributed by atoms with E-state index in [1.54, 1.807) is 13.8 Å². The van der Waals surface area contributed by atoms with Gasteiger partial charge in [0, 0.05) is 17.3 Å². The smallest absolute Gasteiger partial charge is 0.230 e. The van der Waals surface area contributed by atoms with Gasteiger partial charge >= 0.3 is 0 Å². The van der Waals surface area contributed by atoms with E-state index >= 15 is 0 Å². The van der Waals surface area contributed by atoms with Crippen molar-refractivity contribution < 1.29 is 5.11 Å². The fourth-order valence-corrected chi connectivity index (χ4v) is 2.13. The molecule has 1 aromatic carbocycles. The van der Waals surface area contributed by atoms with Crippen LogP contribution in [0.25, 0.3) is 0 Å². The topological polar surface area (TPSA) is 49.2 Å². The Bertz CT molecular complexity index is 576. The molecule has 4 nitrogen and oxygen atoms in total. The van der Waals surface area contributed by atoms with Gasteiger partial charge < -0.3 is 10.0 Å². The molecule has 0 bridgehead atoms. The molecule has 0 fully saturated rings. The van der Waals surface area contributed by atoms with Crippen LogP contribution in [0.1, 0.15) is 24.7 Å². The fraction of sp³-hybridized carbons (Fsp3) is 0.333. The summed E-state index contributed by atoms with van der Waals surface area (Å²) >= 11 is 5.93. The lowest BCUT2D eigenvalue weighted by Crippen LogP contribution is -2.21. The molecule has 0 amide bonds. The second-order valence-electron chi connectivity index (χ2n) is 4.67. The highest BCUT2D eigenvalue weighted by atomic mass is 35.5. The van der Waals surface area contributed by atoms with Crippen molar-refractivity contribution in [3.63, 3.8) is 0 Å². The van der Waals surface area contributed by atoms with Gasteiger partial charge in [-0.2, -0.15) is 0 Å². The maximum absolute atomic E-state index is 9.79. The SMILES string of the molecule is CCCN(c1ccc(Cl)cc1)c1nc(C)c(O)c(C)n1. The van der Waals surface area contributed by atoms with Crippen LogP contribution in [-0.2, 0) is 0 Å². The number of aryl methyl sites for hydroxylation is 2. The molecule has 0 spiro atoms. The first kappa shape index (κ1) is 14.6. The Kier molecular flexibility index (Phi) is 4.45. The van der Waals surface area contributed by atoms with Crippen LogP contribution < -0.4 is 4.90 Å². The number of hydrogen-bond donors (Lipinski definition) is 1. The number of hydrogen-bond acceptors (Lipinski definition) is 4. The Hall–Kier alpha value is -1.81. The first-order valence-electron chi connectivity index (χ1n) is 6.60. The summed E-state index contributed by atoms with van der Waals surface area (Å²) in [7, 11) is 0. The van der Waals surface area contributed by atoms with Gasteiger partial charge in [0.25, 0.3) is 0 Å². The molecule has 1 heterocycles. The van der Waals surface area contributed by atoms with Gasteiger partial charge in [-0.1, -0.05) is 18.5 Å². The summed E-state index contributed by atoms with van der Waals surface area (Å²) in [4.78, 5) is 10.8. The Morgan fingerprint density at radius 2 is 1.65 bits per heavy atom. The zero-order valence-corrected chi connectivity index (χ0v) is 12.6. The van der Waals surface area contributed by atoms with E-state index in [0.29, 0.717) is 22.4 Å².